The summed E-state index contributed by atoms with van der Waals surface area (Å²) in [5, 5.41) is 8.66. The van der Waals surface area contributed by atoms with Crippen LogP contribution in [0.3, 0.4) is 0 Å². The van der Waals surface area contributed by atoms with Crippen molar-refractivity contribution in [2.45, 2.75) is 19.9 Å². The van der Waals surface area contributed by atoms with E-state index >= 15 is 0 Å². The number of carbonyl (C=O) groups is 1. The minimum absolute atomic E-state index is 0.159. The molecule has 0 aliphatic heterocycles. The van der Waals surface area contributed by atoms with Gasteiger partial charge in [0.2, 0.25) is 0 Å². The van der Waals surface area contributed by atoms with Crippen LogP contribution < -0.4 is 0 Å². The Labute approximate surface area is 95.9 Å². The molecule has 0 saturated carbocycles. The van der Waals surface area contributed by atoms with Crippen LogP contribution >= 0.6 is 0 Å². The molecule has 16 heavy (non-hydrogen) atoms. The van der Waals surface area contributed by atoms with Gasteiger partial charge in [-0.3, -0.25) is 9.78 Å². The van der Waals surface area contributed by atoms with E-state index in [-0.39, 0.29) is 12.3 Å². The Morgan fingerprint density at radius 1 is 1.56 bits per heavy atom. The van der Waals surface area contributed by atoms with Crippen molar-refractivity contribution in [1.29, 1.82) is 0 Å². The first-order valence-electron chi connectivity index (χ1n) is 5.38. The summed E-state index contributed by atoms with van der Waals surface area (Å²) in [6, 6.07) is 5.81. The van der Waals surface area contributed by atoms with Crippen LogP contribution in [-0.4, -0.2) is 34.6 Å². The fourth-order valence-electron chi connectivity index (χ4n) is 1.73. The molecule has 1 unspecified atom stereocenters. The average molecular weight is 222 g/mol. The second-order valence-corrected chi connectivity index (χ2v) is 4.22. The highest BCUT2D eigenvalue weighted by Gasteiger charge is 2.10. The molecule has 0 fully saturated rings. The molecule has 4 heteroatoms. The summed E-state index contributed by atoms with van der Waals surface area (Å²) in [6.45, 7) is 3.47. The fraction of sp³-hybridized carbons (Fsp3) is 0.500. The van der Waals surface area contributed by atoms with Crippen molar-refractivity contribution >= 4 is 5.97 Å². The molecule has 0 aromatic carbocycles. The van der Waals surface area contributed by atoms with Crippen molar-refractivity contribution in [3.63, 3.8) is 0 Å². The molecule has 1 N–H and O–H groups in total. The standard InChI is InChI=1S/C12H18N2O2/c1-10(7-12(15)16)8-14(2)9-11-5-3-4-6-13-11/h3-6,10H,7-9H2,1-2H3,(H,15,16). The van der Waals surface area contributed by atoms with Gasteiger partial charge in [0.25, 0.3) is 0 Å². The van der Waals surface area contributed by atoms with Crippen LogP contribution in [-0.2, 0) is 11.3 Å². The third-order valence-corrected chi connectivity index (χ3v) is 2.30. The highest BCUT2D eigenvalue weighted by atomic mass is 16.4. The van der Waals surface area contributed by atoms with Crippen LogP contribution in [0.5, 0.6) is 0 Å². The van der Waals surface area contributed by atoms with E-state index in [9.17, 15) is 4.79 Å². The van der Waals surface area contributed by atoms with Crippen LogP contribution in [0, 0.1) is 5.92 Å². The maximum absolute atomic E-state index is 10.5. The minimum atomic E-state index is -0.737. The second-order valence-electron chi connectivity index (χ2n) is 4.22. The molecule has 1 rings (SSSR count). The van der Waals surface area contributed by atoms with E-state index in [1.54, 1.807) is 6.20 Å². The summed E-state index contributed by atoms with van der Waals surface area (Å²) in [7, 11) is 1.98. The first-order chi connectivity index (χ1) is 7.58. The van der Waals surface area contributed by atoms with E-state index in [4.69, 9.17) is 5.11 Å². The molecule has 4 nitrogen and oxygen atoms in total. The molecule has 88 valence electrons. The molecule has 1 aromatic heterocycles. The second kappa shape index (κ2) is 6.23. The van der Waals surface area contributed by atoms with Crippen LogP contribution in [0.1, 0.15) is 19.0 Å². The van der Waals surface area contributed by atoms with E-state index in [0.717, 1.165) is 18.8 Å². The fourth-order valence-corrected chi connectivity index (χ4v) is 1.73. The zero-order valence-electron chi connectivity index (χ0n) is 9.76. The van der Waals surface area contributed by atoms with Gasteiger partial charge < -0.3 is 10.0 Å². The van der Waals surface area contributed by atoms with E-state index < -0.39 is 5.97 Å². The van der Waals surface area contributed by atoms with Crippen molar-refractivity contribution in [3.05, 3.63) is 30.1 Å². The number of carboxylic acids is 1. The number of aromatic nitrogens is 1. The van der Waals surface area contributed by atoms with Gasteiger partial charge in [0.1, 0.15) is 0 Å². The number of aliphatic carboxylic acids is 1. The minimum Gasteiger partial charge on any atom is -0.481 e. The van der Waals surface area contributed by atoms with Gasteiger partial charge in [0, 0.05) is 25.7 Å². The van der Waals surface area contributed by atoms with Crippen LogP contribution in [0.4, 0.5) is 0 Å². The third-order valence-electron chi connectivity index (χ3n) is 2.30. The average Bonchev–Trinajstić information content (AvgIpc) is 2.17. The summed E-state index contributed by atoms with van der Waals surface area (Å²) in [5.74, 6) is -0.579. The molecule has 0 saturated heterocycles. The molecule has 1 atom stereocenters. The lowest BCUT2D eigenvalue weighted by atomic mass is 10.1. The lowest BCUT2D eigenvalue weighted by molar-refractivity contribution is -0.138. The van der Waals surface area contributed by atoms with Gasteiger partial charge in [-0.05, 0) is 25.1 Å². The maximum Gasteiger partial charge on any atom is 0.303 e. The van der Waals surface area contributed by atoms with Crippen molar-refractivity contribution in [3.8, 4) is 0 Å². The predicted molar refractivity (Wildman–Crippen MR) is 62.0 cm³/mol. The number of pyridine rings is 1. The molecular formula is C12H18N2O2. The summed E-state index contributed by atoms with van der Waals surface area (Å²) >= 11 is 0. The highest BCUT2D eigenvalue weighted by Crippen LogP contribution is 2.06. The van der Waals surface area contributed by atoms with Crippen molar-refractivity contribution in [2.24, 2.45) is 5.92 Å². The summed E-state index contributed by atoms with van der Waals surface area (Å²) in [4.78, 5) is 16.8. The SMILES string of the molecule is CC(CC(=O)O)CN(C)Cc1ccccn1. The van der Waals surface area contributed by atoms with Gasteiger partial charge in [-0.1, -0.05) is 13.0 Å². The molecule has 1 aromatic rings. The van der Waals surface area contributed by atoms with E-state index in [2.05, 4.69) is 9.88 Å². The highest BCUT2D eigenvalue weighted by molar-refractivity contribution is 5.66. The van der Waals surface area contributed by atoms with Gasteiger partial charge in [-0.15, -0.1) is 0 Å². The molecule has 1 heterocycles. The Morgan fingerprint density at radius 2 is 2.31 bits per heavy atom. The zero-order valence-corrected chi connectivity index (χ0v) is 9.76. The maximum atomic E-state index is 10.5. The number of hydrogen-bond acceptors (Lipinski definition) is 3. The zero-order chi connectivity index (χ0) is 12.0. The Hall–Kier alpha value is -1.42. The smallest absolute Gasteiger partial charge is 0.303 e. The third kappa shape index (κ3) is 4.89. The Bertz CT molecular complexity index is 327. The van der Waals surface area contributed by atoms with Crippen LogP contribution in [0.2, 0.25) is 0 Å². The molecule has 0 amide bonds. The van der Waals surface area contributed by atoms with Gasteiger partial charge in [0.05, 0.1) is 5.69 Å². The quantitative estimate of drug-likeness (QED) is 0.794. The van der Waals surface area contributed by atoms with Gasteiger partial charge in [-0.25, -0.2) is 0 Å². The Morgan fingerprint density at radius 3 is 2.88 bits per heavy atom. The summed E-state index contributed by atoms with van der Waals surface area (Å²) < 4.78 is 0. The summed E-state index contributed by atoms with van der Waals surface area (Å²) in [6.07, 6.45) is 1.98. The predicted octanol–water partition coefficient (Wildman–Crippen LogP) is 1.62. The van der Waals surface area contributed by atoms with Crippen molar-refractivity contribution in [1.82, 2.24) is 9.88 Å². The number of carboxylic acid groups (broad SMARTS) is 1. The van der Waals surface area contributed by atoms with Gasteiger partial charge in [-0.2, -0.15) is 0 Å². The number of rotatable bonds is 6. The molecular weight excluding hydrogens is 204 g/mol. The number of hydrogen-bond donors (Lipinski definition) is 1. The lowest BCUT2D eigenvalue weighted by Crippen LogP contribution is -2.25. The largest absolute Gasteiger partial charge is 0.481 e. The molecule has 0 bridgehead atoms. The van der Waals surface area contributed by atoms with E-state index in [1.807, 2.05) is 32.2 Å². The Kier molecular flexibility index (Phi) is 4.92. The van der Waals surface area contributed by atoms with Crippen LogP contribution in [0.25, 0.3) is 0 Å². The van der Waals surface area contributed by atoms with Crippen molar-refractivity contribution < 1.29 is 9.90 Å². The normalized spacial score (nSPS) is 12.7. The topological polar surface area (TPSA) is 53.4 Å². The molecule has 0 aliphatic rings. The molecule has 0 spiro atoms. The summed E-state index contributed by atoms with van der Waals surface area (Å²) in [5.41, 5.74) is 1.01. The Balaban J connectivity index is 2.36. The first kappa shape index (κ1) is 12.6. The van der Waals surface area contributed by atoms with Gasteiger partial charge >= 0.3 is 5.97 Å². The molecule has 0 aliphatic carbocycles. The monoisotopic (exact) mass is 222 g/mol. The van der Waals surface area contributed by atoms with E-state index in [0.29, 0.717) is 0 Å². The lowest BCUT2D eigenvalue weighted by Gasteiger charge is -2.19. The first-order valence-corrected chi connectivity index (χ1v) is 5.38. The van der Waals surface area contributed by atoms with Crippen molar-refractivity contribution in [2.75, 3.05) is 13.6 Å². The van der Waals surface area contributed by atoms with Crippen LogP contribution in [0.15, 0.2) is 24.4 Å². The van der Waals surface area contributed by atoms with Gasteiger partial charge in [0.15, 0.2) is 0 Å². The molecule has 0 radical (unpaired) electrons. The number of nitrogens with zero attached hydrogens (tertiary/aromatic N) is 2. The van der Waals surface area contributed by atoms with E-state index in [1.165, 1.54) is 0 Å².